The first-order chi connectivity index (χ1) is 8.16. The van der Waals surface area contributed by atoms with E-state index in [4.69, 9.17) is 11.6 Å². The van der Waals surface area contributed by atoms with Crippen molar-refractivity contribution < 1.29 is 4.92 Å². The standard InChI is InChI=1S/C7H6ClN7O2/c8-7-10-1-4(15(16)17)6(13-7)9-2-5-11-3-12-14-5/h1,3H,2H2,(H,9,10,13)(H,11,12,14). The molecule has 2 aromatic heterocycles. The van der Waals surface area contributed by atoms with Gasteiger partial charge in [0, 0.05) is 0 Å². The van der Waals surface area contributed by atoms with Gasteiger partial charge in [-0.15, -0.1) is 0 Å². The Kier molecular flexibility index (Phi) is 3.10. The van der Waals surface area contributed by atoms with E-state index in [-0.39, 0.29) is 23.3 Å². The van der Waals surface area contributed by atoms with Crippen LogP contribution in [0.2, 0.25) is 5.28 Å². The SMILES string of the molecule is O=[N+]([O-])c1cnc(Cl)nc1NCc1ncn[nH]1. The second kappa shape index (κ2) is 4.70. The lowest BCUT2D eigenvalue weighted by Gasteiger charge is -2.03. The van der Waals surface area contributed by atoms with Crippen LogP contribution in [0.1, 0.15) is 5.82 Å². The van der Waals surface area contributed by atoms with Gasteiger partial charge in [0.2, 0.25) is 11.1 Å². The van der Waals surface area contributed by atoms with Gasteiger partial charge in [-0.1, -0.05) is 0 Å². The predicted molar refractivity (Wildman–Crippen MR) is 57.4 cm³/mol. The van der Waals surface area contributed by atoms with Crippen molar-refractivity contribution in [1.29, 1.82) is 0 Å². The zero-order valence-corrected chi connectivity index (χ0v) is 9.05. The summed E-state index contributed by atoms with van der Waals surface area (Å²) < 4.78 is 0. The molecule has 10 heteroatoms. The minimum Gasteiger partial charge on any atom is -0.357 e. The monoisotopic (exact) mass is 255 g/mol. The van der Waals surface area contributed by atoms with Gasteiger partial charge in [-0.2, -0.15) is 10.1 Å². The van der Waals surface area contributed by atoms with Crippen LogP contribution < -0.4 is 5.32 Å². The number of aromatic nitrogens is 5. The van der Waals surface area contributed by atoms with Gasteiger partial charge in [-0.25, -0.2) is 9.97 Å². The summed E-state index contributed by atoms with van der Waals surface area (Å²) >= 11 is 5.56. The fourth-order valence-electron chi connectivity index (χ4n) is 1.10. The summed E-state index contributed by atoms with van der Waals surface area (Å²) in [4.78, 5) is 21.2. The van der Waals surface area contributed by atoms with Gasteiger partial charge >= 0.3 is 5.69 Å². The van der Waals surface area contributed by atoms with Crippen LogP contribution in [0.25, 0.3) is 0 Å². The molecule has 9 nitrogen and oxygen atoms in total. The molecule has 2 N–H and O–H groups in total. The fraction of sp³-hybridized carbons (Fsp3) is 0.143. The van der Waals surface area contributed by atoms with E-state index in [1.165, 1.54) is 6.33 Å². The molecular weight excluding hydrogens is 250 g/mol. The highest BCUT2D eigenvalue weighted by Crippen LogP contribution is 2.21. The van der Waals surface area contributed by atoms with Crippen molar-refractivity contribution in [3.63, 3.8) is 0 Å². The summed E-state index contributed by atoms with van der Waals surface area (Å²) in [5, 5.41) is 19.6. The van der Waals surface area contributed by atoms with Gasteiger partial charge in [-0.05, 0) is 11.6 Å². The Bertz CT molecular complexity index is 529. The second-order valence-electron chi connectivity index (χ2n) is 2.92. The molecule has 0 aromatic carbocycles. The lowest BCUT2D eigenvalue weighted by Crippen LogP contribution is -2.06. The Labute approximate surface area is 99.4 Å². The minimum absolute atomic E-state index is 0.0337. The highest BCUT2D eigenvalue weighted by Gasteiger charge is 2.16. The summed E-state index contributed by atoms with van der Waals surface area (Å²) in [7, 11) is 0. The van der Waals surface area contributed by atoms with Gasteiger partial charge in [0.05, 0.1) is 11.5 Å². The number of nitrogens with one attached hydrogen (secondary N) is 2. The molecule has 0 saturated heterocycles. The minimum atomic E-state index is -0.598. The molecular formula is C7H6ClN7O2. The number of hydrogen-bond acceptors (Lipinski definition) is 7. The highest BCUT2D eigenvalue weighted by molar-refractivity contribution is 6.28. The summed E-state index contributed by atoms with van der Waals surface area (Å²) in [6, 6.07) is 0. The number of halogens is 1. The largest absolute Gasteiger partial charge is 0.357 e. The Morgan fingerprint density at radius 1 is 1.53 bits per heavy atom. The quantitative estimate of drug-likeness (QED) is 0.470. The molecule has 0 bridgehead atoms. The van der Waals surface area contributed by atoms with Crippen molar-refractivity contribution in [2.24, 2.45) is 0 Å². The smallest absolute Gasteiger partial charge is 0.329 e. The van der Waals surface area contributed by atoms with Gasteiger partial charge in [0.1, 0.15) is 18.3 Å². The Morgan fingerprint density at radius 3 is 3.00 bits per heavy atom. The highest BCUT2D eigenvalue weighted by atomic mass is 35.5. The van der Waals surface area contributed by atoms with Gasteiger partial charge in [0.25, 0.3) is 0 Å². The average molecular weight is 256 g/mol. The van der Waals surface area contributed by atoms with Crippen LogP contribution in [-0.2, 0) is 6.54 Å². The first-order valence-electron chi connectivity index (χ1n) is 4.42. The van der Waals surface area contributed by atoms with E-state index < -0.39 is 4.92 Å². The maximum absolute atomic E-state index is 10.7. The van der Waals surface area contributed by atoms with E-state index in [1.54, 1.807) is 0 Å². The average Bonchev–Trinajstić information content (AvgIpc) is 2.78. The van der Waals surface area contributed by atoms with Crippen molar-refractivity contribution in [3.8, 4) is 0 Å². The summed E-state index contributed by atoms with van der Waals surface area (Å²) in [5.74, 6) is 0.556. The number of aromatic amines is 1. The topological polar surface area (TPSA) is 123 Å². The molecule has 0 saturated carbocycles. The van der Waals surface area contributed by atoms with E-state index in [0.717, 1.165) is 6.20 Å². The molecule has 0 amide bonds. The van der Waals surface area contributed by atoms with Crippen molar-refractivity contribution in [1.82, 2.24) is 25.1 Å². The fourth-order valence-corrected chi connectivity index (χ4v) is 1.23. The molecule has 0 fully saturated rings. The number of H-pyrrole nitrogens is 1. The van der Waals surface area contributed by atoms with E-state index in [2.05, 4.69) is 30.5 Å². The number of anilines is 1. The molecule has 0 aliphatic carbocycles. The van der Waals surface area contributed by atoms with Crippen molar-refractivity contribution in [2.45, 2.75) is 6.54 Å². The van der Waals surface area contributed by atoms with Crippen molar-refractivity contribution in [3.05, 3.63) is 33.7 Å². The van der Waals surface area contributed by atoms with Gasteiger partial charge in [0.15, 0.2) is 0 Å². The molecule has 0 spiro atoms. The maximum atomic E-state index is 10.7. The summed E-state index contributed by atoms with van der Waals surface area (Å²) in [6.07, 6.45) is 2.37. The molecule has 2 aromatic rings. The first-order valence-corrected chi connectivity index (χ1v) is 4.79. The van der Waals surface area contributed by atoms with E-state index in [1.807, 2.05) is 0 Å². The van der Waals surface area contributed by atoms with E-state index in [0.29, 0.717) is 5.82 Å². The predicted octanol–water partition coefficient (Wildman–Crippen LogP) is 0.768. The molecule has 0 atom stereocenters. The van der Waals surface area contributed by atoms with E-state index >= 15 is 0 Å². The molecule has 2 heterocycles. The van der Waals surface area contributed by atoms with Crippen LogP contribution in [-0.4, -0.2) is 30.1 Å². The number of rotatable bonds is 4. The summed E-state index contributed by atoms with van der Waals surface area (Å²) in [6.45, 7) is 0.216. The number of hydrogen-bond donors (Lipinski definition) is 2. The van der Waals surface area contributed by atoms with Crippen molar-refractivity contribution in [2.75, 3.05) is 5.32 Å². The molecule has 2 rings (SSSR count). The summed E-state index contributed by atoms with van der Waals surface area (Å²) in [5.41, 5.74) is -0.256. The molecule has 17 heavy (non-hydrogen) atoms. The number of nitro groups is 1. The van der Waals surface area contributed by atoms with Crippen LogP contribution in [0.5, 0.6) is 0 Å². The normalized spacial score (nSPS) is 10.2. The third-order valence-corrected chi connectivity index (χ3v) is 2.01. The lowest BCUT2D eigenvalue weighted by molar-refractivity contribution is -0.384. The third-order valence-electron chi connectivity index (χ3n) is 1.82. The maximum Gasteiger partial charge on any atom is 0.329 e. The van der Waals surface area contributed by atoms with Crippen LogP contribution >= 0.6 is 11.6 Å². The lowest BCUT2D eigenvalue weighted by atomic mass is 10.4. The first kappa shape index (κ1) is 11.2. The van der Waals surface area contributed by atoms with Gasteiger partial charge in [-0.3, -0.25) is 15.2 Å². The van der Waals surface area contributed by atoms with Crippen LogP contribution in [0.4, 0.5) is 11.5 Å². The molecule has 88 valence electrons. The van der Waals surface area contributed by atoms with Crippen LogP contribution in [0.15, 0.2) is 12.5 Å². The molecule has 0 aliphatic rings. The Morgan fingerprint density at radius 2 is 2.35 bits per heavy atom. The second-order valence-corrected chi connectivity index (χ2v) is 3.25. The zero-order chi connectivity index (χ0) is 12.3. The van der Waals surface area contributed by atoms with Gasteiger partial charge < -0.3 is 5.32 Å². The molecule has 0 aliphatic heterocycles. The Balaban J connectivity index is 2.19. The molecule has 0 unspecified atom stereocenters. The number of nitrogens with zero attached hydrogens (tertiary/aromatic N) is 5. The molecule has 0 radical (unpaired) electrons. The van der Waals surface area contributed by atoms with E-state index in [9.17, 15) is 10.1 Å². The third kappa shape index (κ3) is 2.64. The van der Waals surface area contributed by atoms with Crippen LogP contribution in [0.3, 0.4) is 0 Å². The zero-order valence-electron chi connectivity index (χ0n) is 8.29. The Hall–Kier alpha value is -2.29. The van der Waals surface area contributed by atoms with Crippen LogP contribution in [0, 0.1) is 10.1 Å². The van der Waals surface area contributed by atoms with Crippen molar-refractivity contribution >= 4 is 23.1 Å².